The summed E-state index contributed by atoms with van der Waals surface area (Å²) in [7, 11) is 0. The van der Waals surface area contributed by atoms with Crippen LogP contribution in [0.4, 0.5) is 0 Å². The van der Waals surface area contributed by atoms with Gasteiger partial charge in [-0.05, 0) is 109 Å². The first-order valence-corrected chi connectivity index (χ1v) is 32.5. The minimum Gasteiger partial charge on any atom is -0.462 e. The molecular formula is C72H120O6. The van der Waals surface area contributed by atoms with Crippen LogP contribution in [-0.2, 0) is 28.6 Å². The van der Waals surface area contributed by atoms with Gasteiger partial charge >= 0.3 is 17.9 Å². The molecule has 0 heterocycles. The van der Waals surface area contributed by atoms with Crippen molar-refractivity contribution in [1.82, 2.24) is 0 Å². The Bertz CT molecular complexity index is 1620. The van der Waals surface area contributed by atoms with Crippen molar-refractivity contribution in [3.63, 3.8) is 0 Å². The Morgan fingerprint density at radius 1 is 0.269 bits per heavy atom. The Morgan fingerprint density at radius 2 is 0.500 bits per heavy atom. The maximum atomic E-state index is 12.9. The molecule has 0 amide bonds. The minimum atomic E-state index is -0.804. The summed E-state index contributed by atoms with van der Waals surface area (Å²) in [5.41, 5.74) is 0. The Morgan fingerprint density at radius 3 is 0.795 bits per heavy atom. The van der Waals surface area contributed by atoms with Crippen LogP contribution in [0.15, 0.2) is 122 Å². The van der Waals surface area contributed by atoms with Crippen LogP contribution in [0.1, 0.15) is 297 Å². The number of carbonyl (C=O) groups is 3. The van der Waals surface area contributed by atoms with E-state index in [0.29, 0.717) is 19.3 Å². The first-order valence-electron chi connectivity index (χ1n) is 32.5. The van der Waals surface area contributed by atoms with E-state index in [9.17, 15) is 14.4 Å². The number of unbranched alkanes of at least 4 members (excludes halogenated alkanes) is 27. The molecule has 1 atom stereocenters. The number of rotatable bonds is 58. The van der Waals surface area contributed by atoms with Gasteiger partial charge in [-0.2, -0.15) is 0 Å². The molecule has 0 fully saturated rings. The summed E-state index contributed by atoms with van der Waals surface area (Å²) >= 11 is 0. The molecule has 0 aliphatic rings. The van der Waals surface area contributed by atoms with Gasteiger partial charge in [0.15, 0.2) is 6.10 Å². The molecule has 0 N–H and O–H groups in total. The van der Waals surface area contributed by atoms with E-state index < -0.39 is 6.10 Å². The molecule has 0 aliphatic carbocycles. The normalized spacial score (nSPS) is 12.9. The second kappa shape index (κ2) is 65.3. The van der Waals surface area contributed by atoms with Crippen molar-refractivity contribution in [2.75, 3.05) is 13.2 Å². The van der Waals surface area contributed by atoms with Crippen LogP contribution < -0.4 is 0 Å². The van der Waals surface area contributed by atoms with E-state index in [1.54, 1.807) is 0 Å². The number of hydrogen-bond donors (Lipinski definition) is 0. The summed E-state index contributed by atoms with van der Waals surface area (Å²) in [5.74, 6) is -0.940. The quantitative estimate of drug-likeness (QED) is 0.0261. The SMILES string of the molecule is CC/C=C\C/C=C\C/C=C\C/C=C\C/C=C\CCCCCCCC(=O)OCC(COC(=O)CCCCC/C=C\C/C=C\C/C=C\C/C=C\C/C=C\CC)OC(=O)CCCCCCCCCCCCCCCCCCCCCC. The largest absolute Gasteiger partial charge is 0.462 e. The number of allylic oxidation sites excluding steroid dienone is 20. The van der Waals surface area contributed by atoms with Gasteiger partial charge in [0.1, 0.15) is 13.2 Å². The standard InChI is InChI=1S/C72H120O6/c1-4-7-10-13-16-19-22-25-28-31-34-36-39-41-44-47-50-53-56-59-62-65-71(74)77-68-69(67-76-70(73)64-61-58-55-52-49-46-43-40-37-33-30-27-24-21-18-15-12-9-6-3)78-72(75)66-63-60-57-54-51-48-45-42-38-35-32-29-26-23-20-17-14-11-8-5-2/h7,9-10,12,16,18-19,21,25,27-28,30,34,36-37,40-41,44,46,49,69H,4-6,8,11,13-15,17,20,22-24,26,29,31-33,35,38-39,42-43,45,47-48,50-68H2,1-3H3/b10-7-,12-9-,19-16-,21-18-,28-25-,30-27-,36-34-,40-37-,44-41-,49-46-. The van der Waals surface area contributed by atoms with E-state index in [-0.39, 0.29) is 31.1 Å². The van der Waals surface area contributed by atoms with Gasteiger partial charge in [0.2, 0.25) is 0 Å². The fraction of sp³-hybridized carbons (Fsp3) is 0.681. The molecule has 6 nitrogen and oxygen atoms in total. The molecule has 0 saturated carbocycles. The smallest absolute Gasteiger partial charge is 0.306 e. The summed E-state index contributed by atoms with van der Waals surface area (Å²) in [5, 5.41) is 0. The van der Waals surface area contributed by atoms with Crippen molar-refractivity contribution >= 4 is 17.9 Å². The summed E-state index contributed by atoms with van der Waals surface area (Å²) in [6, 6.07) is 0. The van der Waals surface area contributed by atoms with Gasteiger partial charge in [0.05, 0.1) is 0 Å². The summed E-state index contributed by atoms with van der Waals surface area (Å²) in [6.45, 7) is 6.40. The van der Waals surface area contributed by atoms with Gasteiger partial charge in [0.25, 0.3) is 0 Å². The summed E-state index contributed by atoms with van der Waals surface area (Å²) < 4.78 is 16.9. The Labute approximate surface area is 482 Å². The van der Waals surface area contributed by atoms with E-state index in [1.807, 2.05) is 0 Å². The molecule has 444 valence electrons. The molecule has 0 bridgehead atoms. The maximum absolute atomic E-state index is 12.9. The van der Waals surface area contributed by atoms with Crippen LogP contribution in [0.25, 0.3) is 0 Å². The monoisotopic (exact) mass is 1080 g/mol. The topological polar surface area (TPSA) is 78.9 Å². The second-order valence-corrected chi connectivity index (χ2v) is 21.3. The first kappa shape index (κ1) is 73.8. The molecule has 0 spiro atoms. The number of ether oxygens (including phenoxy) is 3. The molecule has 78 heavy (non-hydrogen) atoms. The Hall–Kier alpha value is -4.19. The van der Waals surface area contributed by atoms with Crippen LogP contribution in [0.3, 0.4) is 0 Å². The third kappa shape index (κ3) is 62.7. The van der Waals surface area contributed by atoms with Crippen molar-refractivity contribution < 1.29 is 28.6 Å². The highest BCUT2D eigenvalue weighted by Crippen LogP contribution is 2.16. The molecule has 0 aliphatic heterocycles. The highest BCUT2D eigenvalue weighted by molar-refractivity contribution is 5.71. The summed E-state index contributed by atoms with van der Waals surface area (Å²) in [4.78, 5) is 38.4. The molecule has 0 aromatic heterocycles. The second-order valence-electron chi connectivity index (χ2n) is 21.3. The molecule has 0 radical (unpaired) electrons. The highest BCUT2D eigenvalue weighted by Gasteiger charge is 2.19. The van der Waals surface area contributed by atoms with Gasteiger partial charge in [-0.15, -0.1) is 0 Å². The lowest BCUT2D eigenvalue weighted by Gasteiger charge is -2.18. The number of carbonyl (C=O) groups excluding carboxylic acids is 3. The van der Waals surface area contributed by atoms with Gasteiger partial charge in [0, 0.05) is 19.3 Å². The average Bonchev–Trinajstić information content (AvgIpc) is 3.44. The zero-order valence-corrected chi connectivity index (χ0v) is 50.9. The first-order chi connectivity index (χ1) is 38.5. The van der Waals surface area contributed by atoms with Gasteiger partial charge in [-0.1, -0.05) is 290 Å². The van der Waals surface area contributed by atoms with E-state index in [2.05, 4.69) is 142 Å². The predicted molar refractivity (Wildman–Crippen MR) is 339 cm³/mol. The van der Waals surface area contributed by atoms with Crippen molar-refractivity contribution in [2.45, 2.75) is 303 Å². The van der Waals surface area contributed by atoms with Crippen molar-refractivity contribution in [3.8, 4) is 0 Å². The Kier molecular flexibility index (Phi) is 61.8. The lowest BCUT2D eigenvalue weighted by Crippen LogP contribution is -2.30. The fourth-order valence-corrected chi connectivity index (χ4v) is 8.91. The molecule has 0 aromatic carbocycles. The van der Waals surface area contributed by atoms with Gasteiger partial charge in [-0.25, -0.2) is 0 Å². The van der Waals surface area contributed by atoms with Crippen molar-refractivity contribution in [1.29, 1.82) is 0 Å². The highest BCUT2D eigenvalue weighted by atomic mass is 16.6. The van der Waals surface area contributed by atoms with Crippen LogP contribution in [-0.4, -0.2) is 37.2 Å². The van der Waals surface area contributed by atoms with E-state index >= 15 is 0 Å². The van der Waals surface area contributed by atoms with Crippen LogP contribution >= 0.6 is 0 Å². The third-order valence-corrected chi connectivity index (χ3v) is 13.7. The lowest BCUT2D eigenvalue weighted by atomic mass is 10.0. The van der Waals surface area contributed by atoms with Crippen molar-refractivity contribution in [2.24, 2.45) is 0 Å². The average molecular weight is 1080 g/mol. The molecule has 0 rings (SSSR count). The molecule has 0 aromatic rings. The lowest BCUT2D eigenvalue weighted by molar-refractivity contribution is -0.167. The minimum absolute atomic E-state index is 0.0996. The van der Waals surface area contributed by atoms with Gasteiger partial charge in [-0.3, -0.25) is 14.4 Å². The van der Waals surface area contributed by atoms with E-state index in [0.717, 1.165) is 148 Å². The van der Waals surface area contributed by atoms with Crippen molar-refractivity contribution in [3.05, 3.63) is 122 Å². The Balaban J connectivity index is 4.48. The van der Waals surface area contributed by atoms with Gasteiger partial charge < -0.3 is 14.2 Å². The van der Waals surface area contributed by atoms with Crippen LogP contribution in [0.5, 0.6) is 0 Å². The zero-order chi connectivity index (χ0) is 56.4. The number of esters is 3. The van der Waals surface area contributed by atoms with Crippen LogP contribution in [0, 0.1) is 0 Å². The molecule has 1 unspecified atom stereocenters. The fourth-order valence-electron chi connectivity index (χ4n) is 8.91. The van der Waals surface area contributed by atoms with E-state index in [4.69, 9.17) is 14.2 Å². The predicted octanol–water partition coefficient (Wildman–Crippen LogP) is 22.4. The maximum Gasteiger partial charge on any atom is 0.306 e. The zero-order valence-electron chi connectivity index (χ0n) is 50.9. The molecular weight excluding hydrogens is 961 g/mol. The molecule has 6 heteroatoms. The van der Waals surface area contributed by atoms with E-state index in [1.165, 1.54) is 109 Å². The third-order valence-electron chi connectivity index (χ3n) is 13.7. The molecule has 0 saturated heterocycles. The summed E-state index contributed by atoms with van der Waals surface area (Å²) in [6.07, 6.45) is 90.6. The number of hydrogen-bond acceptors (Lipinski definition) is 6. The van der Waals surface area contributed by atoms with Crippen LogP contribution in [0.2, 0.25) is 0 Å².